The van der Waals surface area contributed by atoms with E-state index in [4.69, 9.17) is 4.74 Å². The fraction of sp³-hybridized carbons (Fsp3) is 0.500. The summed E-state index contributed by atoms with van der Waals surface area (Å²) in [6, 6.07) is 5.80. The highest BCUT2D eigenvalue weighted by Gasteiger charge is 2.38. The first-order valence-electron chi connectivity index (χ1n) is 5.95. The summed E-state index contributed by atoms with van der Waals surface area (Å²) >= 11 is 0. The Labute approximate surface area is 102 Å². The molecule has 1 aromatic carbocycles. The van der Waals surface area contributed by atoms with E-state index >= 15 is 0 Å². The van der Waals surface area contributed by atoms with Gasteiger partial charge in [-0.1, -0.05) is 32.0 Å². The zero-order valence-corrected chi connectivity index (χ0v) is 10.9. The van der Waals surface area contributed by atoms with Crippen LogP contribution in [0, 0.1) is 13.8 Å². The fourth-order valence-corrected chi connectivity index (χ4v) is 1.90. The minimum atomic E-state index is -1.11. The van der Waals surface area contributed by atoms with Crippen molar-refractivity contribution >= 4 is 5.97 Å². The SMILES string of the molecule is CCC(CC)(Oc1c(C)cccc1C)C(=O)O. The van der Waals surface area contributed by atoms with E-state index in [9.17, 15) is 9.90 Å². The third kappa shape index (κ3) is 2.60. The van der Waals surface area contributed by atoms with E-state index < -0.39 is 11.6 Å². The summed E-state index contributed by atoms with van der Waals surface area (Å²) in [7, 11) is 0. The molecule has 0 saturated heterocycles. The zero-order chi connectivity index (χ0) is 13.1. The summed E-state index contributed by atoms with van der Waals surface area (Å²) < 4.78 is 5.82. The van der Waals surface area contributed by atoms with Crippen molar-refractivity contribution < 1.29 is 14.6 Å². The lowest BCUT2D eigenvalue weighted by atomic mass is 9.97. The smallest absolute Gasteiger partial charge is 0.348 e. The molecule has 94 valence electrons. The molecule has 0 spiro atoms. The van der Waals surface area contributed by atoms with Crippen molar-refractivity contribution in [3.63, 3.8) is 0 Å². The van der Waals surface area contributed by atoms with Gasteiger partial charge in [-0.2, -0.15) is 0 Å². The number of ether oxygens (including phenoxy) is 1. The molecular weight excluding hydrogens is 216 g/mol. The normalized spacial score (nSPS) is 11.3. The van der Waals surface area contributed by atoms with Crippen molar-refractivity contribution in [2.45, 2.75) is 46.1 Å². The average Bonchev–Trinajstić information content (AvgIpc) is 2.29. The second kappa shape index (κ2) is 5.21. The molecule has 0 bridgehead atoms. The van der Waals surface area contributed by atoms with Crippen LogP contribution < -0.4 is 4.74 Å². The highest BCUT2D eigenvalue weighted by molar-refractivity contribution is 5.78. The van der Waals surface area contributed by atoms with E-state index in [-0.39, 0.29) is 0 Å². The molecular formula is C14H20O3. The quantitative estimate of drug-likeness (QED) is 0.853. The molecule has 0 fully saturated rings. The van der Waals surface area contributed by atoms with E-state index in [0.29, 0.717) is 18.6 Å². The van der Waals surface area contributed by atoms with E-state index in [1.807, 2.05) is 45.9 Å². The largest absolute Gasteiger partial charge is 0.478 e. The van der Waals surface area contributed by atoms with Crippen molar-refractivity contribution in [3.8, 4) is 5.75 Å². The summed E-state index contributed by atoms with van der Waals surface area (Å²) in [6.45, 7) is 7.54. The van der Waals surface area contributed by atoms with Crippen LogP contribution in [0.4, 0.5) is 0 Å². The lowest BCUT2D eigenvalue weighted by molar-refractivity contribution is -0.156. The molecule has 0 amide bonds. The van der Waals surface area contributed by atoms with Gasteiger partial charge in [0.2, 0.25) is 5.60 Å². The predicted molar refractivity (Wildman–Crippen MR) is 67.5 cm³/mol. The first-order chi connectivity index (χ1) is 7.96. The number of carbonyl (C=O) groups is 1. The maximum absolute atomic E-state index is 11.4. The standard InChI is InChI=1S/C14H20O3/c1-5-14(6-2,13(15)16)17-12-10(3)8-7-9-11(12)4/h7-9H,5-6H2,1-4H3,(H,15,16). The van der Waals surface area contributed by atoms with Crippen molar-refractivity contribution in [1.82, 2.24) is 0 Å². The van der Waals surface area contributed by atoms with Gasteiger partial charge >= 0.3 is 5.97 Å². The van der Waals surface area contributed by atoms with E-state index in [1.54, 1.807) is 0 Å². The topological polar surface area (TPSA) is 46.5 Å². The molecule has 1 N–H and O–H groups in total. The van der Waals surface area contributed by atoms with Crippen LogP contribution in [0.25, 0.3) is 0 Å². The Bertz CT molecular complexity index is 386. The monoisotopic (exact) mass is 236 g/mol. The predicted octanol–water partition coefficient (Wildman–Crippen LogP) is 3.33. The van der Waals surface area contributed by atoms with Gasteiger partial charge in [0.1, 0.15) is 5.75 Å². The number of rotatable bonds is 5. The number of carboxylic acids is 1. The molecule has 0 aliphatic heterocycles. The summed E-state index contributed by atoms with van der Waals surface area (Å²) in [5, 5.41) is 9.34. The Kier molecular flexibility index (Phi) is 4.16. The van der Waals surface area contributed by atoms with E-state index in [1.165, 1.54) is 0 Å². The van der Waals surface area contributed by atoms with Gasteiger partial charge in [-0.05, 0) is 37.8 Å². The molecule has 1 rings (SSSR count). The van der Waals surface area contributed by atoms with Crippen molar-refractivity contribution in [2.75, 3.05) is 0 Å². The van der Waals surface area contributed by atoms with Crippen LogP contribution in [0.2, 0.25) is 0 Å². The second-order valence-corrected chi connectivity index (χ2v) is 4.33. The molecule has 1 aromatic rings. The molecule has 0 saturated carbocycles. The lowest BCUT2D eigenvalue weighted by Crippen LogP contribution is -2.43. The molecule has 17 heavy (non-hydrogen) atoms. The number of hydrogen-bond acceptors (Lipinski definition) is 2. The van der Waals surface area contributed by atoms with Crippen molar-refractivity contribution in [2.24, 2.45) is 0 Å². The van der Waals surface area contributed by atoms with E-state index in [0.717, 1.165) is 11.1 Å². The molecule has 0 unspecified atom stereocenters. The Hall–Kier alpha value is -1.51. The number of carboxylic acid groups (broad SMARTS) is 1. The Morgan fingerprint density at radius 1 is 1.24 bits per heavy atom. The highest BCUT2D eigenvalue weighted by Crippen LogP contribution is 2.30. The van der Waals surface area contributed by atoms with Crippen molar-refractivity contribution in [1.29, 1.82) is 0 Å². The van der Waals surface area contributed by atoms with Gasteiger partial charge in [-0.3, -0.25) is 0 Å². The third-order valence-electron chi connectivity index (χ3n) is 3.24. The Balaban J connectivity index is 3.14. The molecule has 0 aliphatic carbocycles. The summed E-state index contributed by atoms with van der Waals surface area (Å²) in [4.78, 5) is 11.4. The molecule has 0 aliphatic rings. The molecule has 0 atom stereocenters. The maximum atomic E-state index is 11.4. The van der Waals surface area contributed by atoms with Gasteiger partial charge < -0.3 is 9.84 Å². The van der Waals surface area contributed by atoms with Crippen LogP contribution in [0.5, 0.6) is 5.75 Å². The first kappa shape index (κ1) is 13.6. The van der Waals surface area contributed by atoms with Crippen molar-refractivity contribution in [3.05, 3.63) is 29.3 Å². The van der Waals surface area contributed by atoms with Gasteiger partial charge in [0.05, 0.1) is 0 Å². The maximum Gasteiger partial charge on any atom is 0.348 e. The van der Waals surface area contributed by atoms with Gasteiger partial charge in [0.15, 0.2) is 0 Å². The number of benzene rings is 1. The average molecular weight is 236 g/mol. The van der Waals surface area contributed by atoms with Gasteiger partial charge in [0, 0.05) is 0 Å². The van der Waals surface area contributed by atoms with Crippen LogP contribution in [-0.2, 0) is 4.79 Å². The van der Waals surface area contributed by atoms with Crippen LogP contribution >= 0.6 is 0 Å². The number of aliphatic carboxylic acids is 1. The Morgan fingerprint density at radius 2 is 1.71 bits per heavy atom. The minimum absolute atomic E-state index is 0.451. The number of hydrogen-bond donors (Lipinski definition) is 1. The molecule has 0 aromatic heterocycles. The highest BCUT2D eigenvalue weighted by atomic mass is 16.5. The lowest BCUT2D eigenvalue weighted by Gasteiger charge is -2.29. The first-order valence-corrected chi connectivity index (χ1v) is 5.95. The van der Waals surface area contributed by atoms with Gasteiger partial charge in [-0.15, -0.1) is 0 Å². The van der Waals surface area contributed by atoms with Crippen LogP contribution in [0.15, 0.2) is 18.2 Å². The summed E-state index contributed by atoms with van der Waals surface area (Å²) in [6.07, 6.45) is 0.902. The van der Waals surface area contributed by atoms with Gasteiger partial charge in [-0.25, -0.2) is 4.79 Å². The summed E-state index contributed by atoms with van der Waals surface area (Å²) in [5.41, 5.74) is 0.826. The van der Waals surface area contributed by atoms with Gasteiger partial charge in [0.25, 0.3) is 0 Å². The van der Waals surface area contributed by atoms with Crippen LogP contribution in [0.3, 0.4) is 0 Å². The molecule has 3 nitrogen and oxygen atoms in total. The van der Waals surface area contributed by atoms with Crippen LogP contribution in [0.1, 0.15) is 37.8 Å². The molecule has 0 heterocycles. The minimum Gasteiger partial charge on any atom is -0.478 e. The zero-order valence-electron chi connectivity index (χ0n) is 10.9. The number of aryl methyl sites for hydroxylation is 2. The van der Waals surface area contributed by atoms with Crippen LogP contribution in [-0.4, -0.2) is 16.7 Å². The molecule has 3 heteroatoms. The summed E-state index contributed by atoms with van der Waals surface area (Å²) in [5.74, 6) is -0.205. The van der Waals surface area contributed by atoms with E-state index in [2.05, 4.69) is 0 Å². The second-order valence-electron chi connectivity index (χ2n) is 4.33. The Morgan fingerprint density at radius 3 is 2.06 bits per heavy atom. The third-order valence-corrected chi connectivity index (χ3v) is 3.24. The number of para-hydroxylation sites is 1. The fourth-order valence-electron chi connectivity index (χ4n) is 1.90. The molecule has 0 radical (unpaired) electrons.